The Morgan fingerprint density at radius 3 is 2.63 bits per heavy atom. The van der Waals surface area contributed by atoms with Gasteiger partial charge in [-0.15, -0.1) is 0 Å². The second-order valence-electron chi connectivity index (χ2n) is 4.61. The van der Waals surface area contributed by atoms with E-state index in [0.29, 0.717) is 24.0 Å². The van der Waals surface area contributed by atoms with Gasteiger partial charge < -0.3 is 15.2 Å². The lowest BCUT2D eigenvalue weighted by molar-refractivity contribution is 0.0498. The molecule has 0 unspecified atom stereocenters. The first-order valence-corrected chi connectivity index (χ1v) is 7.64. The van der Waals surface area contributed by atoms with Gasteiger partial charge in [0.1, 0.15) is 5.75 Å². The zero-order valence-corrected chi connectivity index (χ0v) is 11.4. The van der Waals surface area contributed by atoms with Crippen LogP contribution in [0.15, 0.2) is 23.1 Å². The highest BCUT2D eigenvalue weighted by Gasteiger charge is 2.16. The second-order valence-corrected chi connectivity index (χ2v) is 6.17. The van der Waals surface area contributed by atoms with Gasteiger partial charge in [0.15, 0.2) is 0 Å². The normalized spacial score (nSPS) is 17.3. The summed E-state index contributed by atoms with van der Waals surface area (Å²) in [6, 6.07) is 4.22. The van der Waals surface area contributed by atoms with E-state index < -0.39 is 10.0 Å². The molecule has 7 heteroatoms. The molecule has 0 bridgehead atoms. The molecule has 19 heavy (non-hydrogen) atoms. The van der Waals surface area contributed by atoms with Gasteiger partial charge in [0.25, 0.3) is 0 Å². The first-order valence-electron chi connectivity index (χ1n) is 6.09. The van der Waals surface area contributed by atoms with E-state index in [1.54, 1.807) is 0 Å². The van der Waals surface area contributed by atoms with Crippen molar-refractivity contribution in [3.8, 4) is 5.75 Å². The van der Waals surface area contributed by atoms with Gasteiger partial charge in [-0.25, -0.2) is 13.6 Å². The Morgan fingerprint density at radius 2 is 2.00 bits per heavy atom. The smallest absolute Gasteiger partial charge is 0.238 e. The van der Waals surface area contributed by atoms with Crippen LogP contribution in [0, 0.1) is 5.92 Å². The lowest BCUT2D eigenvalue weighted by atomic mass is 10.0. The van der Waals surface area contributed by atoms with Crippen molar-refractivity contribution >= 4 is 15.7 Å². The Hall–Kier alpha value is -1.31. The Bertz CT molecular complexity index is 539. The van der Waals surface area contributed by atoms with E-state index in [1.807, 2.05) is 0 Å². The Balaban J connectivity index is 2.06. The van der Waals surface area contributed by atoms with Gasteiger partial charge in [0.05, 0.1) is 17.2 Å². The lowest BCUT2D eigenvalue weighted by Gasteiger charge is -2.22. The summed E-state index contributed by atoms with van der Waals surface area (Å²) in [5.41, 5.74) is 6.17. The second kappa shape index (κ2) is 5.77. The Morgan fingerprint density at radius 1 is 1.32 bits per heavy atom. The average molecular weight is 286 g/mol. The first kappa shape index (κ1) is 14.1. The number of primary sulfonamides is 1. The van der Waals surface area contributed by atoms with Crippen LogP contribution in [0.3, 0.4) is 0 Å². The highest BCUT2D eigenvalue weighted by atomic mass is 32.2. The largest absolute Gasteiger partial charge is 0.491 e. The number of sulfonamides is 1. The van der Waals surface area contributed by atoms with Crippen molar-refractivity contribution in [1.29, 1.82) is 0 Å². The quantitative estimate of drug-likeness (QED) is 0.794. The van der Waals surface area contributed by atoms with Crippen LogP contribution in [0.2, 0.25) is 0 Å². The molecule has 0 amide bonds. The summed E-state index contributed by atoms with van der Waals surface area (Å²) in [4.78, 5) is 0.00341. The van der Waals surface area contributed by atoms with Gasteiger partial charge in [-0.05, 0) is 30.9 Å². The summed E-state index contributed by atoms with van der Waals surface area (Å²) in [5.74, 6) is 0.768. The highest BCUT2D eigenvalue weighted by molar-refractivity contribution is 7.89. The molecule has 2 rings (SSSR count). The molecule has 1 aliphatic heterocycles. The molecule has 0 aromatic heterocycles. The molecule has 1 aromatic rings. The van der Waals surface area contributed by atoms with Crippen LogP contribution in [0.5, 0.6) is 5.75 Å². The molecule has 1 heterocycles. The van der Waals surface area contributed by atoms with E-state index in [-0.39, 0.29) is 4.90 Å². The van der Waals surface area contributed by atoms with Crippen LogP contribution in [-0.4, -0.2) is 28.2 Å². The summed E-state index contributed by atoms with van der Waals surface area (Å²) in [5, 5.41) is 5.07. The van der Waals surface area contributed by atoms with E-state index in [1.165, 1.54) is 18.2 Å². The third kappa shape index (κ3) is 3.82. The average Bonchev–Trinajstić information content (AvgIpc) is 2.37. The van der Waals surface area contributed by atoms with E-state index in [9.17, 15) is 8.42 Å². The van der Waals surface area contributed by atoms with Crippen molar-refractivity contribution in [3.63, 3.8) is 0 Å². The fourth-order valence-electron chi connectivity index (χ4n) is 1.94. The minimum absolute atomic E-state index is 0.00341. The van der Waals surface area contributed by atoms with Gasteiger partial charge in [0, 0.05) is 19.3 Å². The van der Waals surface area contributed by atoms with Gasteiger partial charge >= 0.3 is 0 Å². The standard InChI is InChI=1S/C12H18N2O4S/c13-11-2-1-10(19(14,15)16)7-12(11)18-8-9-3-5-17-6-4-9/h1-2,7,9H,3-6,8,13H2,(H2,14,15,16). The molecule has 0 atom stereocenters. The summed E-state index contributed by atoms with van der Waals surface area (Å²) in [6.45, 7) is 1.98. The molecular formula is C12H18N2O4S. The minimum Gasteiger partial charge on any atom is -0.491 e. The van der Waals surface area contributed by atoms with Crippen molar-refractivity contribution in [2.75, 3.05) is 25.6 Å². The molecule has 1 fully saturated rings. The van der Waals surface area contributed by atoms with Gasteiger partial charge in [-0.2, -0.15) is 0 Å². The predicted molar refractivity (Wildman–Crippen MR) is 71.3 cm³/mol. The van der Waals surface area contributed by atoms with E-state index in [0.717, 1.165) is 26.1 Å². The number of ether oxygens (including phenoxy) is 2. The van der Waals surface area contributed by atoms with Crippen LogP contribution < -0.4 is 15.6 Å². The van der Waals surface area contributed by atoms with E-state index in [2.05, 4.69) is 0 Å². The third-order valence-electron chi connectivity index (χ3n) is 3.13. The van der Waals surface area contributed by atoms with E-state index in [4.69, 9.17) is 20.3 Å². The molecule has 0 radical (unpaired) electrons. The minimum atomic E-state index is -3.74. The zero-order valence-electron chi connectivity index (χ0n) is 10.5. The summed E-state index contributed by atoms with van der Waals surface area (Å²) in [6.07, 6.45) is 1.88. The van der Waals surface area contributed by atoms with E-state index >= 15 is 0 Å². The number of hydrogen-bond acceptors (Lipinski definition) is 5. The molecule has 0 aliphatic carbocycles. The maximum Gasteiger partial charge on any atom is 0.238 e. The Labute approximate surface area is 112 Å². The maximum atomic E-state index is 11.3. The highest BCUT2D eigenvalue weighted by Crippen LogP contribution is 2.26. The molecule has 1 saturated heterocycles. The lowest BCUT2D eigenvalue weighted by Crippen LogP contribution is -2.21. The van der Waals surface area contributed by atoms with Crippen molar-refractivity contribution in [2.24, 2.45) is 11.1 Å². The maximum absolute atomic E-state index is 11.3. The SMILES string of the molecule is Nc1ccc(S(N)(=O)=O)cc1OCC1CCOCC1. The van der Waals surface area contributed by atoms with Crippen molar-refractivity contribution < 1.29 is 17.9 Å². The first-order chi connectivity index (χ1) is 8.97. The van der Waals surface area contributed by atoms with Crippen LogP contribution >= 0.6 is 0 Å². The molecule has 106 valence electrons. The zero-order chi connectivity index (χ0) is 13.9. The van der Waals surface area contributed by atoms with Gasteiger partial charge in [-0.3, -0.25) is 0 Å². The summed E-state index contributed by atoms with van der Waals surface area (Å²) < 4.78 is 33.4. The third-order valence-corrected chi connectivity index (χ3v) is 4.04. The molecule has 0 saturated carbocycles. The van der Waals surface area contributed by atoms with Crippen LogP contribution in [-0.2, 0) is 14.8 Å². The molecule has 0 spiro atoms. The summed E-state index contributed by atoms with van der Waals surface area (Å²) >= 11 is 0. The van der Waals surface area contributed by atoms with Gasteiger partial charge in [-0.1, -0.05) is 0 Å². The van der Waals surface area contributed by atoms with Crippen LogP contribution in [0.4, 0.5) is 5.69 Å². The number of nitrogen functional groups attached to an aromatic ring is 1. The van der Waals surface area contributed by atoms with Crippen molar-refractivity contribution in [2.45, 2.75) is 17.7 Å². The Kier molecular flexibility index (Phi) is 4.28. The number of anilines is 1. The molecular weight excluding hydrogens is 268 g/mol. The number of nitrogens with two attached hydrogens (primary N) is 2. The number of benzene rings is 1. The summed E-state index contributed by atoms with van der Waals surface area (Å²) in [7, 11) is -3.74. The van der Waals surface area contributed by atoms with Crippen LogP contribution in [0.25, 0.3) is 0 Å². The predicted octanol–water partition coefficient (Wildman–Crippen LogP) is 0.722. The number of rotatable bonds is 4. The number of hydrogen-bond donors (Lipinski definition) is 2. The van der Waals surface area contributed by atoms with Crippen LogP contribution in [0.1, 0.15) is 12.8 Å². The fourth-order valence-corrected chi connectivity index (χ4v) is 2.47. The van der Waals surface area contributed by atoms with Crippen molar-refractivity contribution in [3.05, 3.63) is 18.2 Å². The monoisotopic (exact) mass is 286 g/mol. The fraction of sp³-hybridized carbons (Fsp3) is 0.500. The molecule has 1 aromatic carbocycles. The molecule has 1 aliphatic rings. The molecule has 4 N–H and O–H groups in total. The molecule has 6 nitrogen and oxygen atoms in total. The topological polar surface area (TPSA) is 105 Å². The van der Waals surface area contributed by atoms with Gasteiger partial charge in [0.2, 0.25) is 10.0 Å². The van der Waals surface area contributed by atoms with Crippen molar-refractivity contribution in [1.82, 2.24) is 0 Å².